The van der Waals surface area contributed by atoms with E-state index in [0.29, 0.717) is 23.5 Å². The molecule has 1 aliphatic heterocycles. The standard InChI is InChI=1S/C17H16FN3O/c18-12-4-3-5-14-15(12)17(6-1-2-7-17)11-21(14)16(22)13-10-19-8-9-20-13/h3-5,8-10H,1-2,6-7,11H2. The average molecular weight is 297 g/mol. The number of carbonyl (C=O) groups excluding carboxylic acids is 1. The van der Waals surface area contributed by atoms with E-state index in [0.717, 1.165) is 25.7 Å². The maximum Gasteiger partial charge on any atom is 0.278 e. The summed E-state index contributed by atoms with van der Waals surface area (Å²) in [5, 5.41) is 0. The Kier molecular flexibility index (Phi) is 2.96. The van der Waals surface area contributed by atoms with Crippen LogP contribution >= 0.6 is 0 Å². The van der Waals surface area contributed by atoms with Gasteiger partial charge in [-0.2, -0.15) is 0 Å². The van der Waals surface area contributed by atoms with Crippen LogP contribution in [-0.4, -0.2) is 22.4 Å². The Morgan fingerprint density at radius 1 is 1.23 bits per heavy atom. The van der Waals surface area contributed by atoms with E-state index < -0.39 is 0 Å². The molecule has 0 radical (unpaired) electrons. The number of amides is 1. The van der Waals surface area contributed by atoms with Crippen LogP contribution in [0, 0.1) is 5.82 Å². The molecule has 0 unspecified atom stereocenters. The molecule has 22 heavy (non-hydrogen) atoms. The summed E-state index contributed by atoms with van der Waals surface area (Å²) in [4.78, 5) is 22.5. The highest BCUT2D eigenvalue weighted by Crippen LogP contribution is 2.51. The van der Waals surface area contributed by atoms with Crippen LogP contribution in [0.3, 0.4) is 0 Å². The zero-order valence-corrected chi connectivity index (χ0v) is 12.1. The summed E-state index contributed by atoms with van der Waals surface area (Å²) in [6.07, 6.45) is 8.53. The first-order valence-electron chi connectivity index (χ1n) is 7.58. The fraction of sp³-hybridized carbons (Fsp3) is 0.353. The van der Waals surface area contributed by atoms with Gasteiger partial charge in [-0.3, -0.25) is 9.78 Å². The summed E-state index contributed by atoms with van der Waals surface area (Å²) >= 11 is 0. The van der Waals surface area contributed by atoms with Gasteiger partial charge in [-0.05, 0) is 25.0 Å². The maximum atomic E-state index is 14.5. The van der Waals surface area contributed by atoms with Crippen molar-refractivity contribution in [3.63, 3.8) is 0 Å². The van der Waals surface area contributed by atoms with Crippen LogP contribution < -0.4 is 4.90 Å². The van der Waals surface area contributed by atoms with E-state index >= 15 is 0 Å². The number of aromatic nitrogens is 2. The number of hydrogen-bond acceptors (Lipinski definition) is 3. The van der Waals surface area contributed by atoms with Crippen LogP contribution in [0.15, 0.2) is 36.8 Å². The van der Waals surface area contributed by atoms with Gasteiger partial charge in [0.15, 0.2) is 0 Å². The number of carbonyl (C=O) groups is 1. The number of rotatable bonds is 1. The quantitative estimate of drug-likeness (QED) is 0.812. The predicted octanol–water partition coefficient (Wildman–Crippen LogP) is 3.09. The van der Waals surface area contributed by atoms with Crippen molar-refractivity contribution >= 4 is 11.6 Å². The minimum atomic E-state index is -0.224. The molecule has 1 aromatic heterocycles. The molecule has 4 rings (SSSR count). The number of benzene rings is 1. The molecule has 0 bridgehead atoms. The van der Waals surface area contributed by atoms with Crippen molar-refractivity contribution in [3.05, 3.63) is 53.9 Å². The fourth-order valence-electron chi connectivity index (χ4n) is 3.92. The maximum absolute atomic E-state index is 14.5. The molecule has 0 saturated heterocycles. The number of hydrogen-bond donors (Lipinski definition) is 0. The number of nitrogens with zero attached hydrogens (tertiary/aromatic N) is 3. The van der Waals surface area contributed by atoms with Crippen molar-refractivity contribution in [2.24, 2.45) is 0 Å². The fourth-order valence-corrected chi connectivity index (χ4v) is 3.92. The van der Waals surface area contributed by atoms with E-state index in [1.54, 1.807) is 11.0 Å². The van der Waals surface area contributed by atoms with Gasteiger partial charge in [0.05, 0.1) is 11.9 Å². The van der Waals surface area contributed by atoms with Crippen molar-refractivity contribution in [2.75, 3.05) is 11.4 Å². The summed E-state index contributed by atoms with van der Waals surface area (Å²) < 4.78 is 14.5. The molecule has 5 heteroatoms. The van der Waals surface area contributed by atoms with Crippen molar-refractivity contribution in [2.45, 2.75) is 31.1 Å². The molecule has 1 fully saturated rings. The summed E-state index contributed by atoms with van der Waals surface area (Å²) in [7, 11) is 0. The van der Waals surface area contributed by atoms with Crippen molar-refractivity contribution in [1.29, 1.82) is 0 Å². The Morgan fingerprint density at radius 2 is 2.05 bits per heavy atom. The molecule has 2 aliphatic rings. The normalized spacial score (nSPS) is 18.7. The van der Waals surface area contributed by atoms with Crippen LogP contribution in [0.25, 0.3) is 0 Å². The van der Waals surface area contributed by atoms with E-state index in [4.69, 9.17) is 0 Å². The first-order chi connectivity index (χ1) is 10.7. The molecule has 1 saturated carbocycles. The average Bonchev–Trinajstić information content (AvgIpc) is 3.15. The molecule has 2 aromatic rings. The highest BCUT2D eigenvalue weighted by atomic mass is 19.1. The van der Waals surface area contributed by atoms with E-state index in [-0.39, 0.29) is 17.1 Å². The number of anilines is 1. The van der Waals surface area contributed by atoms with Crippen LogP contribution in [-0.2, 0) is 5.41 Å². The summed E-state index contributed by atoms with van der Waals surface area (Å²) in [5.74, 6) is -0.405. The molecular formula is C17H16FN3O. The van der Waals surface area contributed by atoms with Crippen LogP contribution in [0.4, 0.5) is 10.1 Å². The Balaban J connectivity index is 1.81. The lowest BCUT2D eigenvalue weighted by Gasteiger charge is -2.24. The topological polar surface area (TPSA) is 46.1 Å². The lowest BCUT2D eigenvalue weighted by Crippen LogP contribution is -2.36. The molecule has 0 atom stereocenters. The van der Waals surface area contributed by atoms with Gasteiger partial charge < -0.3 is 4.90 Å². The van der Waals surface area contributed by atoms with Crippen molar-refractivity contribution < 1.29 is 9.18 Å². The van der Waals surface area contributed by atoms with Gasteiger partial charge in [-0.15, -0.1) is 0 Å². The molecule has 2 heterocycles. The van der Waals surface area contributed by atoms with Gasteiger partial charge in [-0.1, -0.05) is 18.9 Å². The summed E-state index contributed by atoms with van der Waals surface area (Å²) in [6, 6.07) is 4.99. The Labute approximate surface area is 128 Å². The molecular weight excluding hydrogens is 281 g/mol. The number of fused-ring (bicyclic) bond motifs is 2. The first kappa shape index (κ1) is 13.4. The van der Waals surface area contributed by atoms with Crippen LogP contribution in [0.1, 0.15) is 41.7 Å². The van der Waals surface area contributed by atoms with Crippen LogP contribution in [0.2, 0.25) is 0 Å². The summed E-state index contributed by atoms with van der Waals surface area (Å²) in [5.41, 5.74) is 1.48. The van der Waals surface area contributed by atoms with E-state index in [1.807, 2.05) is 6.07 Å². The highest BCUT2D eigenvalue weighted by Gasteiger charge is 2.48. The molecule has 1 aliphatic carbocycles. The third-order valence-electron chi connectivity index (χ3n) is 4.86. The lowest BCUT2D eigenvalue weighted by molar-refractivity contribution is 0.0979. The van der Waals surface area contributed by atoms with E-state index in [1.165, 1.54) is 24.7 Å². The third kappa shape index (κ3) is 1.85. The molecule has 1 aromatic carbocycles. The van der Waals surface area contributed by atoms with Gasteiger partial charge in [0.2, 0.25) is 0 Å². The SMILES string of the molecule is O=C(c1cnccn1)N1CC2(CCCC2)c2c(F)cccc21. The van der Waals surface area contributed by atoms with Gasteiger partial charge >= 0.3 is 0 Å². The van der Waals surface area contributed by atoms with E-state index in [9.17, 15) is 9.18 Å². The number of halogens is 1. The summed E-state index contributed by atoms with van der Waals surface area (Å²) in [6.45, 7) is 0.540. The van der Waals surface area contributed by atoms with Crippen LogP contribution in [0.5, 0.6) is 0 Å². The van der Waals surface area contributed by atoms with Gasteiger partial charge in [0.1, 0.15) is 11.5 Å². The molecule has 4 nitrogen and oxygen atoms in total. The first-order valence-corrected chi connectivity index (χ1v) is 7.58. The van der Waals surface area contributed by atoms with Crippen molar-refractivity contribution in [1.82, 2.24) is 9.97 Å². The van der Waals surface area contributed by atoms with Crippen molar-refractivity contribution in [3.8, 4) is 0 Å². The highest BCUT2D eigenvalue weighted by molar-refractivity contribution is 6.06. The molecule has 1 amide bonds. The molecule has 0 N–H and O–H groups in total. The Hall–Kier alpha value is -2.30. The second-order valence-electron chi connectivity index (χ2n) is 6.10. The van der Waals surface area contributed by atoms with E-state index in [2.05, 4.69) is 9.97 Å². The van der Waals surface area contributed by atoms with Gasteiger partial charge in [-0.25, -0.2) is 9.37 Å². The molecule has 1 spiro atoms. The minimum absolute atomic E-state index is 0.200. The largest absolute Gasteiger partial charge is 0.306 e. The second kappa shape index (κ2) is 4.87. The lowest BCUT2D eigenvalue weighted by atomic mass is 9.80. The zero-order chi connectivity index (χ0) is 15.2. The Bertz CT molecular complexity index is 726. The molecule has 112 valence electrons. The second-order valence-corrected chi connectivity index (χ2v) is 6.10. The zero-order valence-electron chi connectivity index (χ0n) is 12.1. The predicted molar refractivity (Wildman–Crippen MR) is 80.3 cm³/mol. The Morgan fingerprint density at radius 3 is 2.77 bits per heavy atom. The van der Waals surface area contributed by atoms with Gasteiger partial charge in [0, 0.05) is 29.9 Å². The monoisotopic (exact) mass is 297 g/mol. The van der Waals surface area contributed by atoms with Gasteiger partial charge in [0.25, 0.3) is 5.91 Å². The smallest absolute Gasteiger partial charge is 0.278 e. The third-order valence-corrected chi connectivity index (χ3v) is 4.86. The minimum Gasteiger partial charge on any atom is -0.306 e.